The zero-order valence-corrected chi connectivity index (χ0v) is 20.5. The molecule has 0 aliphatic carbocycles. The SMILES string of the molecule is CC(C)(Oc1ccc(C(F)(F)F)cc1)C(=O)NC1CC2CCC(C1)N2c1ccc(S(C)(=O)=O)cn1. The summed E-state index contributed by atoms with van der Waals surface area (Å²) in [6.45, 7) is 3.16. The Labute approximate surface area is 202 Å². The van der Waals surface area contributed by atoms with Crippen LogP contribution in [0.5, 0.6) is 5.75 Å². The van der Waals surface area contributed by atoms with E-state index in [4.69, 9.17) is 4.74 Å². The van der Waals surface area contributed by atoms with E-state index < -0.39 is 27.2 Å². The molecule has 4 rings (SSSR count). The minimum Gasteiger partial charge on any atom is -0.478 e. The van der Waals surface area contributed by atoms with Crippen molar-refractivity contribution in [3.8, 4) is 5.75 Å². The second kappa shape index (κ2) is 9.00. The zero-order valence-electron chi connectivity index (χ0n) is 19.7. The second-order valence-corrected chi connectivity index (χ2v) is 11.7. The predicted octanol–water partition coefficient (Wildman–Crippen LogP) is 3.98. The molecule has 190 valence electrons. The van der Waals surface area contributed by atoms with Crippen molar-refractivity contribution in [2.45, 2.75) is 74.3 Å². The summed E-state index contributed by atoms with van der Waals surface area (Å²) in [6.07, 6.45) is 1.37. The van der Waals surface area contributed by atoms with Crippen LogP contribution in [0.25, 0.3) is 0 Å². The molecule has 2 bridgehead atoms. The van der Waals surface area contributed by atoms with Crippen LogP contribution < -0.4 is 15.0 Å². The summed E-state index contributed by atoms with van der Waals surface area (Å²) in [6, 6.07) is 7.79. The van der Waals surface area contributed by atoms with E-state index in [0.29, 0.717) is 12.8 Å². The van der Waals surface area contributed by atoms with Gasteiger partial charge in [-0.2, -0.15) is 13.2 Å². The second-order valence-electron chi connectivity index (χ2n) is 9.69. The van der Waals surface area contributed by atoms with E-state index in [1.807, 2.05) is 0 Å². The molecule has 0 radical (unpaired) electrons. The molecule has 1 aromatic carbocycles. The minimum absolute atomic E-state index is 0.0815. The van der Waals surface area contributed by atoms with Crippen molar-refractivity contribution < 1.29 is 31.1 Å². The number of carbonyl (C=O) groups is 1. The van der Waals surface area contributed by atoms with E-state index in [9.17, 15) is 26.4 Å². The Morgan fingerprint density at radius 1 is 1.06 bits per heavy atom. The first-order chi connectivity index (χ1) is 16.2. The lowest BCUT2D eigenvalue weighted by atomic mass is 9.96. The lowest BCUT2D eigenvalue weighted by molar-refractivity contribution is -0.138. The van der Waals surface area contributed by atoms with Crippen molar-refractivity contribution >= 4 is 21.6 Å². The van der Waals surface area contributed by atoms with Gasteiger partial charge in [0, 0.05) is 30.6 Å². The molecule has 0 saturated carbocycles. The van der Waals surface area contributed by atoms with Gasteiger partial charge in [0.05, 0.1) is 10.5 Å². The molecule has 3 heterocycles. The minimum atomic E-state index is -4.44. The van der Waals surface area contributed by atoms with Gasteiger partial charge in [-0.3, -0.25) is 4.79 Å². The molecule has 2 atom stereocenters. The molecular weight excluding hydrogens is 483 g/mol. The third-order valence-electron chi connectivity index (χ3n) is 6.58. The first-order valence-electron chi connectivity index (χ1n) is 11.4. The number of piperidine rings is 1. The van der Waals surface area contributed by atoms with Gasteiger partial charge in [0.25, 0.3) is 5.91 Å². The third-order valence-corrected chi connectivity index (χ3v) is 7.68. The number of hydrogen-bond donors (Lipinski definition) is 1. The quantitative estimate of drug-likeness (QED) is 0.631. The number of ether oxygens (including phenoxy) is 1. The summed E-state index contributed by atoms with van der Waals surface area (Å²) in [5.41, 5.74) is -2.06. The summed E-state index contributed by atoms with van der Waals surface area (Å²) >= 11 is 0. The Bertz CT molecular complexity index is 1170. The number of sulfone groups is 1. The largest absolute Gasteiger partial charge is 0.478 e. The van der Waals surface area contributed by atoms with Crippen LogP contribution >= 0.6 is 0 Å². The summed E-state index contributed by atoms with van der Waals surface area (Å²) in [5, 5.41) is 3.05. The third kappa shape index (κ3) is 5.55. The molecule has 11 heteroatoms. The van der Waals surface area contributed by atoms with Crippen LogP contribution in [-0.4, -0.2) is 49.3 Å². The number of amides is 1. The van der Waals surface area contributed by atoms with E-state index in [-0.39, 0.29) is 34.7 Å². The van der Waals surface area contributed by atoms with Crippen molar-refractivity contribution in [3.63, 3.8) is 0 Å². The van der Waals surface area contributed by atoms with Gasteiger partial charge in [0.1, 0.15) is 11.6 Å². The van der Waals surface area contributed by atoms with Crippen LogP contribution in [0.2, 0.25) is 0 Å². The highest BCUT2D eigenvalue weighted by Crippen LogP contribution is 2.39. The number of carbonyl (C=O) groups excluding carboxylic acids is 1. The van der Waals surface area contributed by atoms with Crippen LogP contribution in [0.1, 0.15) is 45.1 Å². The number of nitrogens with zero attached hydrogens (tertiary/aromatic N) is 2. The highest BCUT2D eigenvalue weighted by atomic mass is 32.2. The molecule has 2 unspecified atom stereocenters. The lowest BCUT2D eigenvalue weighted by Gasteiger charge is -2.40. The number of nitrogens with one attached hydrogen (secondary N) is 1. The fraction of sp³-hybridized carbons (Fsp3) is 0.500. The molecule has 7 nitrogen and oxygen atoms in total. The molecule has 1 aromatic heterocycles. The first-order valence-corrected chi connectivity index (χ1v) is 13.2. The van der Waals surface area contributed by atoms with Gasteiger partial charge in [0.15, 0.2) is 15.4 Å². The normalized spacial score (nSPS) is 22.7. The average molecular weight is 512 g/mol. The van der Waals surface area contributed by atoms with Crippen LogP contribution in [0.4, 0.5) is 19.0 Å². The van der Waals surface area contributed by atoms with Crippen molar-refractivity contribution in [3.05, 3.63) is 48.2 Å². The number of pyridine rings is 1. The molecular formula is C24H28F3N3O4S. The van der Waals surface area contributed by atoms with Crippen LogP contribution in [0, 0.1) is 0 Å². The highest BCUT2D eigenvalue weighted by Gasteiger charge is 2.43. The smallest absolute Gasteiger partial charge is 0.416 e. The molecule has 2 aliphatic rings. The Kier molecular flexibility index (Phi) is 6.50. The molecule has 2 fully saturated rings. The Hall–Kier alpha value is -2.82. The number of aromatic nitrogens is 1. The van der Waals surface area contributed by atoms with Gasteiger partial charge < -0.3 is 15.0 Å². The van der Waals surface area contributed by atoms with E-state index in [2.05, 4.69) is 15.2 Å². The number of benzene rings is 1. The maximum atomic E-state index is 13.0. The first kappa shape index (κ1) is 25.3. The van der Waals surface area contributed by atoms with Crippen molar-refractivity contribution in [1.29, 1.82) is 0 Å². The van der Waals surface area contributed by atoms with Crippen molar-refractivity contribution in [2.24, 2.45) is 0 Å². The molecule has 35 heavy (non-hydrogen) atoms. The average Bonchev–Trinajstić information content (AvgIpc) is 3.03. The number of alkyl halides is 3. The molecule has 2 saturated heterocycles. The Morgan fingerprint density at radius 3 is 2.14 bits per heavy atom. The van der Waals surface area contributed by atoms with E-state index >= 15 is 0 Å². The van der Waals surface area contributed by atoms with Gasteiger partial charge in [-0.25, -0.2) is 13.4 Å². The molecule has 1 amide bonds. The van der Waals surface area contributed by atoms with E-state index in [1.165, 1.54) is 18.3 Å². The maximum absolute atomic E-state index is 13.0. The predicted molar refractivity (Wildman–Crippen MR) is 124 cm³/mol. The zero-order chi connectivity index (χ0) is 25.6. The number of hydrogen-bond acceptors (Lipinski definition) is 6. The number of anilines is 1. The Balaban J connectivity index is 1.38. The molecule has 0 spiro atoms. The standard InChI is InChI=1S/C24H28F3N3O4S/c1-23(2,34-19-8-4-15(5-9-19)24(25,26)27)22(31)29-16-12-17-6-7-18(13-16)30(17)21-11-10-20(14-28-21)35(3,32)33/h4-5,8-11,14,16-18H,6-7,12-13H2,1-3H3,(H,29,31). The number of fused-ring (bicyclic) bond motifs is 2. The van der Waals surface area contributed by atoms with Gasteiger partial charge in [-0.1, -0.05) is 0 Å². The summed E-state index contributed by atoms with van der Waals surface area (Å²) in [7, 11) is -3.32. The maximum Gasteiger partial charge on any atom is 0.416 e. The molecule has 2 aromatic rings. The van der Waals surface area contributed by atoms with Gasteiger partial charge in [-0.15, -0.1) is 0 Å². The fourth-order valence-electron chi connectivity index (χ4n) is 4.83. The summed E-state index contributed by atoms with van der Waals surface area (Å²) in [4.78, 5) is 19.7. The van der Waals surface area contributed by atoms with Crippen LogP contribution in [0.15, 0.2) is 47.5 Å². The molecule has 1 N–H and O–H groups in total. The monoisotopic (exact) mass is 511 g/mol. The number of rotatable bonds is 6. The van der Waals surface area contributed by atoms with Crippen LogP contribution in [-0.2, 0) is 20.8 Å². The van der Waals surface area contributed by atoms with Crippen molar-refractivity contribution in [2.75, 3.05) is 11.2 Å². The summed E-state index contributed by atoms with van der Waals surface area (Å²) in [5.74, 6) is 0.558. The van der Waals surface area contributed by atoms with E-state index in [0.717, 1.165) is 37.0 Å². The summed E-state index contributed by atoms with van der Waals surface area (Å²) < 4.78 is 67.5. The Morgan fingerprint density at radius 2 is 1.66 bits per heavy atom. The van der Waals surface area contributed by atoms with Gasteiger partial charge in [-0.05, 0) is 75.9 Å². The number of halogens is 3. The van der Waals surface area contributed by atoms with Crippen LogP contribution in [0.3, 0.4) is 0 Å². The topological polar surface area (TPSA) is 88.6 Å². The fourth-order valence-corrected chi connectivity index (χ4v) is 5.39. The van der Waals surface area contributed by atoms with Gasteiger partial charge in [0.2, 0.25) is 0 Å². The van der Waals surface area contributed by atoms with E-state index in [1.54, 1.807) is 26.0 Å². The lowest BCUT2D eigenvalue weighted by Crippen LogP contribution is -2.55. The van der Waals surface area contributed by atoms with Gasteiger partial charge >= 0.3 is 6.18 Å². The van der Waals surface area contributed by atoms with Crippen molar-refractivity contribution in [1.82, 2.24) is 10.3 Å². The highest BCUT2D eigenvalue weighted by molar-refractivity contribution is 7.90. The molecule has 2 aliphatic heterocycles.